The average Bonchev–Trinajstić information content (AvgIpc) is 3.22. The van der Waals surface area contributed by atoms with Crippen molar-refractivity contribution in [1.82, 2.24) is 9.88 Å². The number of nitrogens with zero attached hydrogens (tertiary/aromatic N) is 1. The highest BCUT2D eigenvalue weighted by Gasteiger charge is 2.39. The number of H-pyrrole nitrogens is 1. The molecule has 1 aliphatic heterocycles. The Morgan fingerprint density at radius 3 is 3.04 bits per heavy atom. The summed E-state index contributed by atoms with van der Waals surface area (Å²) in [5.74, 6) is 0.160. The van der Waals surface area contributed by atoms with E-state index in [1.165, 1.54) is 0 Å². The first-order chi connectivity index (χ1) is 11.3. The molecular weight excluding hydrogens is 292 g/mol. The number of aromatic amines is 1. The number of benzene rings is 1. The van der Waals surface area contributed by atoms with E-state index in [1.807, 2.05) is 35.4 Å². The van der Waals surface area contributed by atoms with Crippen molar-refractivity contribution in [3.63, 3.8) is 0 Å². The number of fused-ring (bicyclic) bond motifs is 1. The van der Waals surface area contributed by atoms with Crippen LogP contribution in [0.15, 0.2) is 30.5 Å². The first-order valence-corrected chi connectivity index (χ1v) is 8.38. The Morgan fingerprint density at radius 1 is 1.30 bits per heavy atom. The summed E-state index contributed by atoms with van der Waals surface area (Å²) >= 11 is 0. The van der Waals surface area contributed by atoms with Crippen molar-refractivity contribution in [3.05, 3.63) is 36.0 Å². The third-order valence-corrected chi connectivity index (χ3v) is 5.27. The average molecular weight is 314 g/mol. The molecule has 2 heterocycles. The molecule has 0 spiro atoms. The first-order valence-electron chi connectivity index (χ1n) is 8.38. The number of morpholine rings is 1. The Bertz CT molecular complexity index is 711. The number of para-hydroxylation sites is 1. The van der Waals surface area contributed by atoms with Crippen molar-refractivity contribution in [3.8, 4) is 0 Å². The van der Waals surface area contributed by atoms with Gasteiger partial charge in [0.05, 0.1) is 36.4 Å². The van der Waals surface area contributed by atoms with Crippen LogP contribution in [0, 0.1) is 5.92 Å². The van der Waals surface area contributed by atoms with Crippen molar-refractivity contribution >= 4 is 16.8 Å². The normalized spacial score (nSPS) is 28.4. The standard InChI is InChI=1S/C18H22N2O3/c21-16-6-2-4-13(16)15-11-23-10-9-20(15)18(22)14-5-1-3-12-7-8-19-17(12)14/h1,3,5,7-8,13,15-16,19,21H,2,4,6,9-11H2/t13-,15+,16-/m0/s1. The number of carbonyl (C=O) groups is 1. The van der Waals surface area contributed by atoms with Crippen LogP contribution >= 0.6 is 0 Å². The zero-order valence-electron chi connectivity index (χ0n) is 13.1. The first kappa shape index (κ1) is 14.7. The second kappa shape index (κ2) is 5.98. The molecule has 2 aromatic rings. The maximum absolute atomic E-state index is 13.2. The minimum atomic E-state index is -0.321. The van der Waals surface area contributed by atoms with Gasteiger partial charge in [-0.3, -0.25) is 4.79 Å². The van der Waals surface area contributed by atoms with E-state index in [4.69, 9.17) is 4.74 Å². The molecule has 1 aromatic carbocycles. The quantitative estimate of drug-likeness (QED) is 0.893. The van der Waals surface area contributed by atoms with Gasteiger partial charge in [-0.1, -0.05) is 18.6 Å². The van der Waals surface area contributed by atoms with Gasteiger partial charge in [-0.25, -0.2) is 0 Å². The van der Waals surface area contributed by atoms with Gasteiger partial charge in [-0.15, -0.1) is 0 Å². The number of amides is 1. The van der Waals surface area contributed by atoms with Crippen LogP contribution in [0.3, 0.4) is 0 Å². The number of aliphatic hydroxyl groups is 1. The number of aliphatic hydroxyl groups excluding tert-OH is 1. The summed E-state index contributed by atoms with van der Waals surface area (Å²) in [6, 6.07) is 7.74. The Hall–Kier alpha value is -1.85. The van der Waals surface area contributed by atoms with Gasteiger partial charge in [-0.05, 0) is 25.0 Å². The van der Waals surface area contributed by atoms with Crippen LogP contribution in [0.4, 0.5) is 0 Å². The molecule has 5 heteroatoms. The summed E-state index contributed by atoms with van der Waals surface area (Å²) in [7, 11) is 0. The Labute approximate surface area is 135 Å². The summed E-state index contributed by atoms with van der Waals surface area (Å²) in [6.07, 6.45) is 4.36. The molecular formula is C18H22N2O3. The van der Waals surface area contributed by atoms with Crippen molar-refractivity contribution < 1.29 is 14.6 Å². The van der Waals surface area contributed by atoms with E-state index < -0.39 is 0 Å². The van der Waals surface area contributed by atoms with Crippen LogP contribution in [0.1, 0.15) is 29.6 Å². The third-order valence-electron chi connectivity index (χ3n) is 5.27. The Kier molecular flexibility index (Phi) is 3.83. The van der Waals surface area contributed by atoms with Crippen molar-refractivity contribution in [2.24, 2.45) is 5.92 Å². The van der Waals surface area contributed by atoms with E-state index in [0.29, 0.717) is 25.3 Å². The summed E-state index contributed by atoms with van der Waals surface area (Å²) in [5, 5.41) is 11.3. The largest absolute Gasteiger partial charge is 0.393 e. The molecule has 0 unspecified atom stereocenters. The minimum absolute atomic E-state index is 0.0287. The van der Waals surface area contributed by atoms with Crippen LogP contribution in [0.2, 0.25) is 0 Å². The predicted octanol–water partition coefficient (Wildman–Crippen LogP) is 2.17. The van der Waals surface area contributed by atoms with E-state index in [1.54, 1.807) is 0 Å². The van der Waals surface area contributed by atoms with Gasteiger partial charge in [0.1, 0.15) is 0 Å². The van der Waals surface area contributed by atoms with Crippen molar-refractivity contribution in [1.29, 1.82) is 0 Å². The van der Waals surface area contributed by atoms with Crippen LogP contribution in [0.5, 0.6) is 0 Å². The van der Waals surface area contributed by atoms with Crippen molar-refractivity contribution in [2.45, 2.75) is 31.4 Å². The van der Waals surface area contributed by atoms with Crippen LogP contribution in [-0.4, -0.2) is 52.8 Å². The molecule has 2 N–H and O–H groups in total. The zero-order valence-corrected chi connectivity index (χ0v) is 13.1. The molecule has 122 valence electrons. The van der Waals surface area contributed by atoms with Crippen LogP contribution in [0.25, 0.3) is 10.9 Å². The Balaban J connectivity index is 1.66. The van der Waals surface area contributed by atoms with E-state index in [-0.39, 0.29) is 24.0 Å². The van der Waals surface area contributed by atoms with Gasteiger partial charge in [0.2, 0.25) is 0 Å². The smallest absolute Gasteiger partial charge is 0.256 e. The molecule has 1 aliphatic carbocycles. The number of ether oxygens (including phenoxy) is 1. The molecule has 1 saturated carbocycles. The lowest BCUT2D eigenvalue weighted by Crippen LogP contribution is -2.53. The van der Waals surface area contributed by atoms with Gasteiger partial charge < -0.3 is 19.7 Å². The third kappa shape index (κ3) is 2.54. The lowest BCUT2D eigenvalue weighted by Gasteiger charge is -2.40. The maximum atomic E-state index is 13.2. The van der Waals surface area contributed by atoms with Crippen LogP contribution < -0.4 is 0 Å². The lowest BCUT2D eigenvalue weighted by molar-refractivity contribution is -0.0382. The van der Waals surface area contributed by atoms with Crippen molar-refractivity contribution in [2.75, 3.05) is 19.8 Å². The summed E-state index contributed by atoms with van der Waals surface area (Å²) < 4.78 is 5.62. The van der Waals surface area contributed by atoms with E-state index in [2.05, 4.69) is 4.98 Å². The van der Waals surface area contributed by atoms with Gasteiger partial charge >= 0.3 is 0 Å². The second-order valence-corrected chi connectivity index (χ2v) is 6.55. The second-order valence-electron chi connectivity index (χ2n) is 6.55. The molecule has 3 atom stereocenters. The molecule has 2 aliphatic rings. The molecule has 5 nitrogen and oxygen atoms in total. The van der Waals surface area contributed by atoms with Gasteiger partial charge in [0.25, 0.3) is 5.91 Å². The minimum Gasteiger partial charge on any atom is -0.393 e. The summed E-state index contributed by atoms with van der Waals surface area (Å²) in [6.45, 7) is 1.67. The zero-order chi connectivity index (χ0) is 15.8. The summed E-state index contributed by atoms with van der Waals surface area (Å²) in [5.41, 5.74) is 1.58. The van der Waals surface area contributed by atoms with E-state index in [9.17, 15) is 9.90 Å². The number of hydrogen-bond donors (Lipinski definition) is 2. The molecule has 0 bridgehead atoms. The van der Waals surface area contributed by atoms with E-state index in [0.717, 1.165) is 30.2 Å². The SMILES string of the molecule is O=C(c1cccc2cc[nH]c12)N1CCOC[C@@H]1[C@@H]1CCC[C@@H]1O. The molecule has 4 rings (SSSR count). The highest BCUT2D eigenvalue weighted by atomic mass is 16.5. The van der Waals surface area contributed by atoms with E-state index >= 15 is 0 Å². The number of hydrogen-bond acceptors (Lipinski definition) is 3. The topological polar surface area (TPSA) is 65.6 Å². The fourth-order valence-electron chi connectivity index (χ4n) is 4.07. The summed E-state index contributed by atoms with van der Waals surface area (Å²) in [4.78, 5) is 18.2. The Morgan fingerprint density at radius 2 is 2.22 bits per heavy atom. The van der Waals surface area contributed by atoms with Gasteiger partial charge in [-0.2, -0.15) is 0 Å². The highest BCUT2D eigenvalue weighted by molar-refractivity contribution is 6.05. The fourth-order valence-corrected chi connectivity index (χ4v) is 4.07. The lowest BCUT2D eigenvalue weighted by atomic mass is 9.93. The highest BCUT2D eigenvalue weighted by Crippen LogP contribution is 2.33. The van der Waals surface area contributed by atoms with Crippen LogP contribution in [-0.2, 0) is 4.74 Å². The van der Waals surface area contributed by atoms with Gasteiger partial charge in [0, 0.05) is 24.0 Å². The predicted molar refractivity (Wildman–Crippen MR) is 87.3 cm³/mol. The molecule has 1 saturated heterocycles. The monoisotopic (exact) mass is 314 g/mol. The molecule has 1 amide bonds. The number of carbonyl (C=O) groups excluding carboxylic acids is 1. The number of rotatable bonds is 2. The maximum Gasteiger partial charge on any atom is 0.256 e. The molecule has 0 radical (unpaired) electrons. The fraction of sp³-hybridized carbons (Fsp3) is 0.500. The molecule has 23 heavy (non-hydrogen) atoms. The molecule has 1 aromatic heterocycles. The van der Waals surface area contributed by atoms with Gasteiger partial charge in [0.15, 0.2) is 0 Å². The number of aromatic nitrogens is 1. The molecule has 2 fully saturated rings. The number of nitrogens with one attached hydrogen (secondary N) is 1.